The van der Waals surface area contributed by atoms with Gasteiger partial charge in [-0.25, -0.2) is 0 Å². The fraction of sp³-hybridized carbons (Fsp3) is 0.556. The van der Waals surface area contributed by atoms with Crippen molar-refractivity contribution in [1.29, 1.82) is 0 Å². The van der Waals surface area contributed by atoms with Crippen molar-refractivity contribution >= 4 is 0 Å². The topological polar surface area (TPSA) is 43.2 Å². The fourth-order valence-corrected chi connectivity index (χ4v) is 3.95. The van der Waals surface area contributed by atoms with Crippen LogP contribution in [-0.2, 0) is 18.3 Å². The smallest absolute Gasteiger partial charge is 0.0713 e. The minimum atomic E-state index is 0.0892. The number of rotatable bonds is 3. The lowest BCUT2D eigenvalue weighted by atomic mass is 9.83. The van der Waals surface area contributed by atoms with Gasteiger partial charge in [-0.2, -0.15) is 5.10 Å². The molecule has 2 aromatic rings. The van der Waals surface area contributed by atoms with E-state index in [-0.39, 0.29) is 5.60 Å². The molecule has 0 N–H and O–H groups in total. The van der Waals surface area contributed by atoms with E-state index in [1.165, 1.54) is 11.1 Å². The molecule has 5 heteroatoms. The molecule has 2 aliphatic rings. The first kappa shape index (κ1) is 14.8. The minimum Gasteiger partial charge on any atom is -0.374 e. The van der Waals surface area contributed by atoms with Crippen molar-refractivity contribution in [2.45, 2.75) is 37.3 Å². The van der Waals surface area contributed by atoms with E-state index in [1.54, 1.807) is 0 Å². The molecule has 2 aromatic heterocycles. The maximum absolute atomic E-state index is 6.28. The molecule has 4 rings (SSSR count). The highest BCUT2D eigenvalue weighted by Gasteiger charge is 2.43. The molecule has 2 fully saturated rings. The van der Waals surface area contributed by atoms with Gasteiger partial charge >= 0.3 is 0 Å². The van der Waals surface area contributed by atoms with Crippen molar-refractivity contribution in [3.05, 3.63) is 48.0 Å². The Morgan fingerprint density at radius 3 is 2.87 bits per heavy atom. The summed E-state index contributed by atoms with van der Waals surface area (Å²) in [6.07, 6.45) is 11.3. The van der Waals surface area contributed by atoms with Gasteiger partial charge in [0.25, 0.3) is 0 Å². The number of ether oxygens (including phenoxy) is 1. The molecule has 2 saturated heterocycles. The Morgan fingerprint density at radius 1 is 1.30 bits per heavy atom. The first-order valence-electron chi connectivity index (χ1n) is 8.46. The largest absolute Gasteiger partial charge is 0.374 e. The van der Waals surface area contributed by atoms with Crippen molar-refractivity contribution in [2.24, 2.45) is 7.05 Å². The van der Waals surface area contributed by atoms with E-state index in [4.69, 9.17) is 4.74 Å². The summed E-state index contributed by atoms with van der Waals surface area (Å²) in [6, 6.07) is 4.20. The molecule has 1 atom stereocenters. The highest BCUT2D eigenvalue weighted by atomic mass is 16.5. The molecule has 1 spiro atoms. The lowest BCUT2D eigenvalue weighted by Crippen LogP contribution is -2.43. The Labute approximate surface area is 137 Å². The van der Waals surface area contributed by atoms with E-state index < -0.39 is 0 Å². The Balaban J connectivity index is 1.34. The van der Waals surface area contributed by atoms with E-state index in [9.17, 15) is 0 Å². The molecule has 4 heterocycles. The van der Waals surface area contributed by atoms with Crippen LogP contribution in [0.4, 0.5) is 0 Å². The number of piperidine rings is 1. The first-order valence-corrected chi connectivity index (χ1v) is 8.46. The standard InChI is InChI=1S/C18H24N4O/c1-21-12-15(10-20-21)13-22-7-4-18(5-8-22)9-17(14-23-18)16-3-2-6-19-11-16/h2-3,6,10-12,17H,4-5,7-9,13-14H2,1H3. The molecular weight excluding hydrogens is 288 g/mol. The zero-order valence-corrected chi connectivity index (χ0v) is 13.7. The monoisotopic (exact) mass is 312 g/mol. The summed E-state index contributed by atoms with van der Waals surface area (Å²) in [7, 11) is 1.97. The summed E-state index contributed by atoms with van der Waals surface area (Å²) in [5, 5.41) is 4.26. The molecule has 0 aliphatic carbocycles. The van der Waals surface area contributed by atoms with Gasteiger partial charge in [0.2, 0.25) is 0 Å². The molecule has 1 unspecified atom stereocenters. The number of hydrogen-bond acceptors (Lipinski definition) is 4. The second-order valence-corrected chi connectivity index (χ2v) is 6.98. The number of nitrogens with zero attached hydrogens (tertiary/aromatic N) is 4. The van der Waals surface area contributed by atoms with Gasteiger partial charge in [0.1, 0.15) is 0 Å². The van der Waals surface area contributed by atoms with Crippen LogP contribution in [0.25, 0.3) is 0 Å². The average Bonchev–Trinajstić information content (AvgIpc) is 3.18. The second kappa shape index (κ2) is 6.06. The third-order valence-corrected chi connectivity index (χ3v) is 5.30. The number of pyridine rings is 1. The summed E-state index contributed by atoms with van der Waals surface area (Å²) >= 11 is 0. The Hall–Kier alpha value is -1.72. The fourth-order valence-electron chi connectivity index (χ4n) is 3.95. The summed E-state index contributed by atoms with van der Waals surface area (Å²) in [5.74, 6) is 0.508. The summed E-state index contributed by atoms with van der Waals surface area (Å²) in [6.45, 7) is 4.05. The Bertz CT molecular complexity index is 646. The predicted molar refractivity (Wildman–Crippen MR) is 88.0 cm³/mol. The number of likely N-dealkylation sites (tertiary alicyclic amines) is 1. The van der Waals surface area contributed by atoms with Crippen LogP contribution >= 0.6 is 0 Å². The highest BCUT2D eigenvalue weighted by Crippen LogP contribution is 2.42. The van der Waals surface area contributed by atoms with Crippen LogP contribution in [-0.4, -0.2) is 45.0 Å². The van der Waals surface area contributed by atoms with Gasteiger partial charge in [0, 0.05) is 56.8 Å². The van der Waals surface area contributed by atoms with Crippen molar-refractivity contribution in [3.63, 3.8) is 0 Å². The van der Waals surface area contributed by atoms with Gasteiger partial charge in [-0.3, -0.25) is 14.6 Å². The second-order valence-electron chi connectivity index (χ2n) is 6.98. The number of aromatic nitrogens is 3. The van der Waals surface area contributed by atoms with Crippen LogP contribution in [0.15, 0.2) is 36.9 Å². The third-order valence-electron chi connectivity index (χ3n) is 5.30. The van der Waals surface area contributed by atoms with Crippen LogP contribution in [0.5, 0.6) is 0 Å². The zero-order valence-electron chi connectivity index (χ0n) is 13.7. The van der Waals surface area contributed by atoms with Gasteiger partial charge in [-0.15, -0.1) is 0 Å². The van der Waals surface area contributed by atoms with Gasteiger partial charge < -0.3 is 4.74 Å². The summed E-state index contributed by atoms with van der Waals surface area (Å²) in [5.41, 5.74) is 2.71. The van der Waals surface area contributed by atoms with Crippen LogP contribution < -0.4 is 0 Å². The van der Waals surface area contributed by atoms with E-state index in [2.05, 4.69) is 27.2 Å². The lowest BCUT2D eigenvalue weighted by Gasteiger charge is -2.38. The maximum Gasteiger partial charge on any atom is 0.0713 e. The molecule has 0 amide bonds. The normalized spacial score (nSPS) is 24.3. The van der Waals surface area contributed by atoms with E-state index in [1.807, 2.05) is 36.4 Å². The van der Waals surface area contributed by atoms with E-state index >= 15 is 0 Å². The van der Waals surface area contributed by atoms with Crippen LogP contribution in [0.2, 0.25) is 0 Å². The highest BCUT2D eigenvalue weighted by molar-refractivity contribution is 5.18. The van der Waals surface area contributed by atoms with E-state index in [0.717, 1.165) is 45.5 Å². The maximum atomic E-state index is 6.28. The van der Waals surface area contributed by atoms with Gasteiger partial charge in [-0.05, 0) is 30.9 Å². The van der Waals surface area contributed by atoms with Crippen LogP contribution in [0.3, 0.4) is 0 Å². The third kappa shape index (κ3) is 3.16. The average molecular weight is 312 g/mol. The molecule has 0 saturated carbocycles. The van der Waals surface area contributed by atoms with Crippen molar-refractivity contribution < 1.29 is 4.74 Å². The molecule has 0 radical (unpaired) electrons. The van der Waals surface area contributed by atoms with Gasteiger partial charge in [0.05, 0.1) is 18.4 Å². The molecular formula is C18H24N4O. The van der Waals surface area contributed by atoms with Gasteiger partial charge in [0.15, 0.2) is 0 Å². The predicted octanol–water partition coefficient (Wildman–Crippen LogP) is 2.35. The zero-order chi connectivity index (χ0) is 15.7. The van der Waals surface area contributed by atoms with Crippen molar-refractivity contribution in [3.8, 4) is 0 Å². The molecule has 0 aromatic carbocycles. The quantitative estimate of drug-likeness (QED) is 0.872. The molecule has 23 heavy (non-hydrogen) atoms. The van der Waals surface area contributed by atoms with Crippen molar-refractivity contribution in [1.82, 2.24) is 19.7 Å². The molecule has 5 nitrogen and oxygen atoms in total. The number of hydrogen-bond donors (Lipinski definition) is 0. The number of aryl methyl sites for hydroxylation is 1. The van der Waals surface area contributed by atoms with Crippen LogP contribution in [0, 0.1) is 0 Å². The van der Waals surface area contributed by atoms with Crippen molar-refractivity contribution in [2.75, 3.05) is 19.7 Å². The molecule has 0 bridgehead atoms. The minimum absolute atomic E-state index is 0.0892. The molecule has 122 valence electrons. The SMILES string of the molecule is Cn1cc(CN2CCC3(CC2)CC(c2cccnc2)CO3)cn1. The van der Waals surface area contributed by atoms with Gasteiger partial charge in [-0.1, -0.05) is 6.07 Å². The Kier molecular flexibility index (Phi) is 3.91. The summed E-state index contributed by atoms with van der Waals surface area (Å²) < 4.78 is 8.15. The first-order chi connectivity index (χ1) is 11.2. The Morgan fingerprint density at radius 2 is 2.17 bits per heavy atom. The van der Waals surface area contributed by atoms with Crippen LogP contribution in [0.1, 0.15) is 36.3 Å². The van der Waals surface area contributed by atoms with E-state index in [0.29, 0.717) is 5.92 Å². The molecule has 2 aliphatic heterocycles. The lowest BCUT2D eigenvalue weighted by molar-refractivity contribution is -0.0448. The summed E-state index contributed by atoms with van der Waals surface area (Å²) in [4.78, 5) is 6.77.